The van der Waals surface area contributed by atoms with E-state index in [4.69, 9.17) is 0 Å². The van der Waals surface area contributed by atoms with Gasteiger partial charge >= 0.3 is 0 Å². The van der Waals surface area contributed by atoms with Gasteiger partial charge in [-0.1, -0.05) is 36.4 Å². The van der Waals surface area contributed by atoms with Crippen molar-refractivity contribution in [3.05, 3.63) is 53.6 Å². The van der Waals surface area contributed by atoms with Gasteiger partial charge in [0.1, 0.15) is 0 Å². The van der Waals surface area contributed by atoms with Crippen LogP contribution in [0.2, 0.25) is 0 Å². The van der Waals surface area contributed by atoms with Gasteiger partial charge in [-0.05, 0) is 44.9 Å². The summed E-state index contributed by atoms with van der Waals surface area (Å²) in [6.45, 7) is 18.2. The van der Waals surface area contributed by atoms with Crippen LogP contribution in [0.25, 0.3) is 0 Å². The first kappa shape index (κ1) is 13.6. The fraction of sp³-hybridized carbons (Fsp3) is 0.375. The highest BCUT2D eigenvalue weighted by atomic mass is 15.1. The SMILES string of the molecule is C=C(C)CN(CC(=C)C)c1cccc(C)c1C. The van der Waals surface area contributed by atoms with E-state index in [-0.39, 0.29) is 0 Å². The molecule has 0 amide bonds. The fourth-order valence-corrected chi connectivity index (χ4v) is 1.96. The van der Waals surface area contributed by atoms with E-state index < -0.39 is 0 Å². The average molecular weight is 229 g/mol. The lowest BCUT2D eigenvalue weighted by Crippen LogP contribution is -2.27. The molecule has 1 rings (SSSR count). The van der Waals surface area contributed by atoms with E-state index in [9.17, 15) is 0 Å². The van der Waals surface area contributed by atoms with Gasteiger partial charge in [-0.2, -0.15) is 0 Å². The Bertz CT molecular complexity index is 413. The van der Waals surface area contributed by atoms with Crippen molar-refractivity contribution in [3.63, 3.8) is 0 Å². The molecule has 0 atom stereocenters. The Morgan fingerprint density at radius 3 is 2.06 bits per heavy atom. The predicted octanol–water partition coefficient (Wildman–Crippen LogP) is 4.26. The molecule has 1 nitrogen and oxygen atoms in total. The Balaban J connectivity index is 3.07. The van der Waals surface area contributed by atoms with E-state index in [1.54, 1.807) is 0 Å². The summed E-state index contributed by atoms with van der Waals surface area (Å²) < 4.78 is 0. The van der Waals surface area contributed by atoms with E-state index in [0.29, 0.717) is 0 Å². The third-order valence-corrected chi connectivity index (χ3v) is 2.84. The van der Waals surface area contributed by atoms with Crippen LogP contribution in [0.15, 0.2) is 42.5 Å². The highest BCUT2D eigenvalue weighted by Crippen LogP contribution is 2.24. The molecular formula is C16H23N. The standard InChI is InChI=1S/C16H23N/c1-12(2)10-17(11-13(3)4)16-9-7-8-14(5)15(16)6/h7-9H,1,3,10-11H2,2,4-6H3. The molecule has 0 bridgehead atoms. The van der Waals surface area contributed by atoms with E-state index in [1.807, 2.05) is 0 Å². The second kappa shape index (κ2) is 5.72. The van der Waals surface area contributed by atoms with Crippen LogP contribution in [-0.2, 0) is 0 Å². The molecule has 0 unspecified atom stereocenters. The summed E-state index contributed by atoms with van der Waals surface area (Å²) >= 11 is 0. The van der Waals surface area contributed by atoms with Crippen molar-refractivity contribution in [3.8, 4) is 0 Å². The van der Waals surface area contributed by atoms with Gasteiger partial charge in [0.15, 0.2) is 0 Å². The number of aryl methyl sites for hydroxylation is 1. The zero-order valence-electron chi connectivity index (χ0n) is 11.5. The Kier molecular flexibility index (Phi) is 4.56. The molecule has 0 aromatic heterocycles. The molecule has 0 N–H and O–H groups in total. The zero-order chi connectivity index (χ0) is 13.0. The van der Waals surface area contributed by atoms with Crippen LogP contribution in [0.3, 0.4) is 0 Å². The monoisotopic (exact) mass is 229 g/mol. The van der Waals surface area contributed by atoms with Crippen LogP contribution in [0.4, 0.5) is 5.69 Å². The van der Waals surface area contributed by atoms with Gasteiger partial charge in [0.05, 0.1) is 0 Å². The molecule has 0 radical (unpaired) electrons. The number of rotatable bonds is 5. The quantitative estimate of drug-likeness (QED) is 0.682. The lowest BCUT2D eigenvalue weighted by molar-refractivity contribution is 0.888. The molecule has 0 spiro atoms. The summed E-state index contributed by atoms with van der Waals surface area (Å²) in [4.78, 5) is 2.34. The molecule has 1 heteroatoms. The maximum absolute atomic E-state index is 4.01. The molecule has 0 heterocycles. The van der Waals surface area contributed by atoms with Gasteiger partial charge in [-0.15, -0.1) is 0 Å². The van der Waals surface area contributed by atoms with Crippen molar-refractivity contribution < 1.29 is 0 Å². The molecule has 1 aromatic carbocycles. The first-order chi connectivity index (χ1) is 7.91. The highest BCUT2D eigenvalue weighted by Gasteiger charge is 2.10. The molecule has 1 aromatic rings. The number of hydrogen-bond donors (Lipinski definition) is 0. The minimum Gasteiger partial charge on any atom is -0.363 e. The molecule has 0 fully saturated rings. The fourth-order valence-electron chi connectivity index (χ4n) is 1.96. The van der Waals surface area contributed by atoms with Crippen molar-refractivity contribution in [2.45, 2.75) is 27.7 Å². The zero-order valence-corrected chi connectivity index (χ0v) is 11.5. The van der Waals surface area contributed by atoms with Crippen molar-refractivity contribution in [1.29, 1.82) is 0 Å². The minimum absolute atomic E-state index is 0.886. The summed E-state index contributed by atoms with van der Waals surface area (Å²) in [5.41, 5.74) is 6.31. The largest absolute Gasteiger partial charge is 0.363 e. The molecule has 0 aliphatic carbocycles. The summed E-state index contributed by atoms with van der Waals surface area (Å²) in [5.74, 6) is 0. The first-order valence-electron chi connectivity index (χ1n) is 6.01. The predicted molar refractivity (Wildman–Crippen MR) is 77.8 cm³/mol. The van der Waals surface area contributed by atoms with Crippen molar-refractivity contribution >= 4 is 5.69 Å². The first-order valence-corrected chi connectivity index (χ1v) is 6.01. The van der Waals surface area contributed by atoms with E-state index in [1.165, 1.54) is 28.0 Å². The Morgan fingerprint density at radius 2 is 1.59 bits per heavy atom. The van der Waals surface area contributed by atoms with Gasteiger partial charge < -0.3 is 4.90 Å². The molecule has 0 saturated carbocycles. The van der Waals surface area contributed by atoms with Crippen LogP contribution in [0, 0.1) is 13.8 Å². The Morgan fingerprint density at radius 1 is 1.06 bits per heavy atom. The molecule has 0 aliphatic rings. The lowest BCUT2D eigenvalue weighted by atomic mass is 10.1. The number of nitrogens with zero attached hydrogens (tertiary/aromatic N) is 1. The van der Waals surface area contributed by atoms with Crippen LogP contribution in [0.1, 0.15) is 25.0 Å². The third-order valence-electron chi connectivity index (χ3n) is 2.84. The van der Waals surface area contributed by atoms with E-state index in [0.717, 1.165) is 13.1 Å². The lowest BCUT2D eigenvalue weighted by Gasteiger charge is -2.27. The van der Waals surface area contributed by atoms with Crippen molar-refractivity contribution in [1.82, 2.24) is 0 Å². The van der Waals surface area contributed by atoms with E-state index in [2.05, 4.69) is 64.0 Å². The van der Waals surface area contributed by atoms with Gasteiger partial charge in [0, 0.05) is 18.8 Å². The molecule has 0 saturated heterocycles. The molecule has 17 heavy (non-hydrogen) atoms. The summed E-state index contributed by atoms with van der Waals surface area (Å²) in [7, 11) is 0. The van der Waals surface area contributed by atoms with Crippen molar-refractivity contribution in [2.24, 2.45) is 0 Å². The molecule has 92 valence electrons. The van der Waals surface area contributed by atoms with Crippen LogP contribution >= 0.6 is 0 Å². The molecular weight excluding hydrogens is 206 g/mol. The highest BCUT2D eigenvalue weighted by molar-refractivity contribution is 5.57. The minimum atomic E-state index is 0.886. The van der Waals surface area contributed by atoms with E-state index >= 15 is 0 Å². The second-order valence-corrected chi connectivity index (χ2v) is 4.99. The van der Waals surface area contributed by atoms with Gasteiger partial charge in [-0.25, -0.2) is 0 Å². The summed E-state index contributed by atoms with van der Waals surface area (Å²) in [6, 6.07) is 6.44. The third kappa shape index (κ3) is 3.77. The number of anilines is 1. The van der Waals surface area contributed by atoms with Crippen molar-refractivity contribution in [2.75, 3.05) is 18.0 Å². The smallest absolute Gasteiger partial charge is 0.0404 e. The summed E-state index contributed by atoms with van der Waals surface area (Å²) in [6.07, 6.45) is 0. The maximum atomic E-state index is 4.01. The maximum Gasteiger partial charge on any atom is 0.0404 e. The summed E-state index contributed by atoms with van der Waals surface area (Å²) in [5, 5.41) is 0. The molecule has 0 aliphatic heterocycles. The van der Waals surface area contributed by atoms with Gasteiger partial charge in [0.2, 0.25) is 0 Å². The Hall–Kier alpha value is -1.50. The second-order valence-electron chi connectivity index (χ2n) is 4.99. The Labute approximate surface area is 105 Å². The van der Waals surface area contributed by atoms with Gasteiger partial charge in [-0.3, -0.25) is 0 Å². The van der Waals surface area contributed by atoms with Gasteiger partial charge in [0.25, 0.3) is 0 Å². The normalized spacial score (nSPS) is 10.1. The number of benzene rings is 1. The topological polar surface area (TPSA) is 3.24 Å². The van der Waals surface area contributed by atoms with Crippen LogP contribution in [-0.4, -0.2) is 13.1 Å². The number of hydrogen-bond acceptors (Lipinski definition) is 1. The van der Waals surface area contributed by atoms with Crippen LogP contribution < -0.4 is 4.90 Å². The average Bonchev–Trinajstić information content (AvgIpc) is 2.19. The van der Waals surface area contributed by atoms with Crippen LogP contribution in [0.5, 0.6) is 0 Å².